The van der Waals surface area contributed by atoms with Gasteiger partial charge in [-0.1, -0.05) is 60.5 Å². The van der Waals surface area contributed by atoms with Gasteiger partial charge in [-0.05, 0) is 109 Å². The van der Waals surface area contributed by atoms with E-state index in [0.29, 0.717) is 10.8 Å². The van der Waals surface area contributed by atoms with Crippen LogP contribution in [0.5, 0.6) is 0 Å². The lowest BCUT2D eigenvalue weighted by Gasteiger charge is -2.61. The van der Waals surface area contributed by atoms with Gasteiger partial charge in [-0.3, -0.25) is 0 Å². The second-order valence-corrected chi connectivity index (χ2v) is 12.8. The molecule has 0 aromatic rings. The van der Waals surface area contributed by atoms with E-state index in [-0.39, 0.29) is 6.10 Å². The third-order valence-electron chi connectivity index (χ3n) is 10.9. The zero-order chi connectivity index (χ0) is 21.0. The highest BCUT2D eigenvalue weighted by molar-refractivity contribution is 5.17. The van der Waals surface area contributed by atoms with Gasteiger partial charge in [-0.15, -0.1) is 0 Å². The van der Waals surface area contributed by atoms with E-state index in [1.165, 1.54) is 57.8 Å². The first-order valence-electron chi connectivity index (χ1n) is 13.0. The molecule has 0 spiro atoms. The fourth-order valence-electron chi connectivity index (χ4n) is 9.27. The van der Waals surface area contributed by atoms with E-state index in [9.17, 15) is 5.11 Å². The van der Waals surface area contributed by atoms with Crippen molar-refractivity contribution in [1.82, 2.24) is 0 Å². The van der Waals surface area contributed by atoms with Crippen molar-refractivity contribution < 1.29 is 5.11 Å². The molecule has 0 saturated heterocycles. The molecule has 0 heterocycles. The van der Waals surface area contributed by atoms with Gasteiger partial charge in [-0.25, -0.2) is 0 Å². The summed E-state index contributed by atoms with van der Waals surface area (Å²) in [6.07, 6.45) is 14.7. The van der Waals surface area contributed by atoms with Gasteiger partial charge in [-0.2, -0.15) is 0 Å². The average molecular weight is 401 g/mol. The Morgan fingerprint density at radius 2 is 1.69 bits per heavy atom. The molecule has 4 rings (SSSR count). The fourth-order valence-corrected chi connectivity index (χ4v) is 9.27. The van der Waals surface area contributed by atoms with Crippen molar-refractivity contribution in [3.05, 3.63) is 12.2 Å². The molecule has 4 fully saturated rings. The first kappa shape index (κ1) is 21.9. The molecular weight excluding hydrogens is 352 g/mol. The zero-order valence-corrected chi connectivity index (χ0v) is 20.1. The monoisotopic (exact) mass is 400 g/mol. The van der Waals surface area contributed by atoms with Gasteiger partial charge in [0.05, 0.1) is 6.10 Å². The van der Waals surface area contributed by atoms with Crippen LogP contribution < -0.4 is 0 Å². The molecule has 4 saturated carbocycles. The van der Waals surface area contributed by atoms with Crippen molar-refractivity contribution in [3.63, 3.8) is 0 Å². The summed E-state index contributed by atoms with van der Waals surface area (Å²) in [5, 5.41) is 10.4. The first-order valence-corrected chi connectivity index (χ1v) is 13.0. The number of aliphatic hydroxyl groups is 1. The van der Waals surface area contributed by atoms with E-state index in [1.807, 2.05) is 0 Å². The van der Waals surface area contributed by atoms with Crippen molar-refractivity contribution in [1.29, 1.82) is 0 Å². The SMILES string of the molecule is C=C1C[C@@]2(C)C(CC[C@H]3[C@@H]4CC[C@H]([C@H](C)CCCC(C)C)[C@@]4(C)CC[C@@H]32)CC1O. The predicted octanol–water partition coefficient (Wildman–Crippen LogP) is 7.63. The summed E-state index contributed by atoms with van der Waals surface area (Å²) in [5.41, 5.74) is 2.12. The zero-order valence-electron chi connectivity index (χ0n) is 20.1. The van der Waals surface area contributed by atoms with Crippen molar-refractivity contribution >= 4 is 0 Å². The molecule has 4 aliphatic rings. The lowest BCUT2D eigenvalue weighted by Crippen LogP contribution is -2.54. The van der Waals surface area contributed by atoms with Crippen LogP contribution in [0, 0.1) is 52.3 Å². The quantitative estimate of drug-likeness (QED) is 0.470. The fraction of sp³-hybridized carbons (Fsp3) is 0.929. The molecule has 0 radical (unpaired) electrons. The molecule has 2 unspecified atom stereocenters. The number of fused-ring (bicyclic) bond motifs is 5. The molecule has 29 heavy (non-hydrogen) atoms. The first-order chi connectivity index (χ1) is 13.7. The Morgan fingerprint density at radius 1 is 0.966 bits per heavy atom. The Hall–Kier alpha value is -0.300. The van der Waals surface area contributed by atoms with Gasteiger partial charge in [0.25, 0.3) is 0 Å². The van der Waals surface area contributed by atoms with Crippen molar-refractivity contribution in [3.8, 4) is 0 Å². The van der Waals surface area contributed by atoms with Crippen molar-refractivity contribution in [2.45, 2.75) is 111 Å². The van der Waals surface area contributed by atoms with Gasteiger partial charge in [0, 0.05) is 0 Å². The highest BCUT2D eigenvalue weighted by Crippen LogP contribution is 2.68. The van der Waals surface area contributed by atoms with Gasteiger partial charge >= 0.3 is 0 Å². The Kier molecular flexibility index (Phi) is 6.04. The normalized spacial score (nSPS) is 48.2. The highest BCUT2D eigenvalue weighted by atomic mass is 16.3. The van der Waals surface area contributed by atoms with Crippen molar-refractivity contribution in [2.24, 2.45) is 52.3 Å². The molecule has 0 aromatic carbocycles. The second kappa shape index (κ2) is 7.99. The molecule has 166 valence electrons. The smallest absolute Gasteiger partial charge is 0.0750 e. The van der Waals surface area contributed by atoms with E-state index in [4.69, 9.17) is 0 Å². The molecule has 1 heteroatoms. The van der Waals surface area contributed by atoms with Crippen LogP contribution in [0.15, 0.2) is 12.2 Å². The summed E-state index contributed by atoms with van der Waals surface area (Å²) in [6.45, 7) is 16.9. The summed E-state index contributed by atoms with van der Waals surface area (Å²) in [4.78, 5) is 0. The lowest BCUT2D eigenvalue weighted by atomic mass is 9.44. The van der Waals surface area contributed by atoms with Crippen LogP contribution in [-0.2, 0) is 0 Å². The summed E-state index contributed by atoms with van der Waals surface area (Å²) in [6, 6.07) is 0. The van der Waals surface area contributed by atoms with E-state index in [0.717, 1.165) is 59.8 Å². The van der Waals surface area contributed by atoms with Gasteiger partial charge < -0.3 is 5.11 Å². The third-order valence-corrected chi connectivity index (χ3v) is 10.9. The summed E-state index contributed by atoms with van der Waals surface area (Å²) < 4.78 is 0. The van der Waals surface area contributed by atoms with E-state index in [2.05, 4.69) is 41.2 Å². The van der Waals surface area contributed by atoms with Crippen LogP contribution in [0.1, 0.15) is 105 Å². The van der Waals surface area contributed by atoms with Gasteiger partial charge in [0.1, 0.15) is 0 Å². The summed E-state index contributed by atoms with van der Waals surface area (Å²) in [5.74, 6) is 6.19. The standard InChI is InChI=1S/C28H48O/c1-18(2)8-7-9-19(3)23-12-13-24-22-11-10-21-16-26(29)20(4)17-28(21,6)25(22)14-15-27(23,24)5/h18-19,21-26,29H,4,7-17H2,1-3,5-6H3/t19-,21?,22+,23-,24+,25+,26?,27-,28+/m1/s1. The van der Waals surface area contributed by atoms with Gasteiger partial charge in [0.2, 0.25) is 0 Å². The molecule has 9 atom stereocenters. The van der Waals surface area contributed by atoms with Crippen LogP contribution in [0.25, 0.3) is 0 Å². The molecular formula is C28H48O. The van der Waals surface area contributed by atoms with E-state index < -0.39 is 0 Å². The summed E-state index contributed by atoms with van der Waals surface area (Å²) in [7, 11) is 0. The maximum Gasteiger partial charge on any atom is 0.0750 e. The Bertz CT molecular complexity index is 607. The minimum atomic E-state index is -0.235. The molecule has 4 aliphatic carbocycles. The van der Waals surface area contributed by atoms with Crippen molar-refractivity contribution in [2.75, 3.05) is 0 Å². The molecule has 0 aromatic heterocycles. The summed E-state index contributed by atoms with van der Waals surface area (Å²) >= 11 is 0. The minimum absolute atomic E-state index is 0.235. The molecule has 0 aliphatic heterocycles. The topological polar surface area (TPSA) is 20.2 Å². The van der Waals surface area contributed by atoms with Crippen LogP contribution in [0.4, 0.5) is 0 Å². The van der Waals surface area contributed by atoms with Crippen LogP contribution in [-0.4, -0.2) is 11.2 Å². The van der Waals surface area contributed by atoms with Crippen LogP contribution in [0.3, 0.4) is 0 Å². The number of aliphatic hydroxyl groups excluding tert-OH is 1. The number of hydrogen-bond acceptors (Lipinski definition) is 1. The molecule has 1 N–H and O–H groups in total. The number of hydrogen-bond donors (Lipinski definition) is 1. The second-order valence-electron chi connectivity index (χ2n) is 12.8. The maximum absolute atomic E-state index is 10.4. The average Bonchev–Trinajstić information content (AvgIpc) is 3.00. The Labute approximate surface area is 181 Å². The Balaban J connectivity index is 1.48. The van der Waals surface area contributed by atoms with Gasteiger partial charge in [0.15, 0.2) is 0 Å². The lowest BCUT2D eigenvalue weighted by molar-refractivity contribution is -0.117. The largest absolute Gasteiger partial charge is 0.389 e. The van der Waals surface area contributed by atoms with Crippen LogP contribution >= 0.6 is 0 Å². The highest BCUT2D eigenvalue weighted by Gasteiger charge is 2.60. The van der Waals surface area contributed by atoms with E-state index >= 15 is 0 Å². The maximum atomic E-state index is 10.4. The molecule has 1 nitrogen and oxygen atoms in total. The molecule has 0 amide bonds. The predicted molar refractivity (Wildman–Crippen MR) is 124 cm³/mol. The number of rotatable bonds is 5. The molecule has 0 bridgehead atoms. The van der Waals surface area contributed by atoms with Crippen LogP contribution in [0.2, 0.25) is 0 Å². The minimum Gasteiger partial charge on any atom is -0.389 e. The third kappa shape index (κ3) is 3.66. The Morgan fingerprint density at radius 3 is 2.41 bits per heavy atom. The van der Waals surface area contributed by atoms with E-state index in [1.54, 1.807) is 0 Å².